The molecule has 0 saturated heterocycles. The molecule has 0 spiro atoms. The SMILES string of the molecule is CC(C)OP(COCCCl)OC(C)C. The smallest absolute Gasteiger partial charge is 0.198 e. The first-order valence-electron chi connectivity index (χ1n) is 4.81. The van der Waals surface area contributed by atoms with Crippen LogP contribution in [-0.2, 0) is 13.8 Å². The van der Waals surface area contributed by atoms with Crippen molar-refractivity contribution in [3.8, 4) is 0 Å². The topological polar surface area (TPSA) is 27.7 Å². The van der Waals surface area contributed by atoms with Gasteiger partial charge < -0.3 is 13.8 Å². The maximum absolute atomic E-state index is 5.58. The second kappa shape index (κ2) is 8.87. The molecule has 0 aliphatic carbocycles. The highest BCUT2D eigenvalue weighted by Gasteiger charge is 2.14. The van der Waals surface area contributed by atoms with Crippen LogP contribution in [0.4, 0.5) is 0 Å². The van der Waals surface area contributed by atoms with Crippen LogP contribution in [0.1, 0.15) is 27.7 Å². The molecule has 0 atom stereocenters. The summed E-state index contributed by atoms with van der Waals surface area (Å²) in [6.07, 6.45) is 0.831. The number of hydrogen-bond acceptors (Lipinski definition) is 3. The molecular formula is C9H20ClO3P. The Hall–Kier alpha value is 0.600. The summed E-state index contributed by atoms with van der Waals surface area (Å²) in [5.74, 6) is 0.506. The molecular weight excluding hydrogens is 223 g/mol. The lowest BCUT2D eigenvalue weighted by Crippen LogP contribution is -2.08. The lowest BCUT2D eigenvalue weighted by atomic mass is 10.5. The van der Waals surface area contributed by atoms with E-state index in [1.54, 1.807) is 0 Å². The van der Waals surface area contributed by atoms with Gasteiger partial charge in [0.1, 0.15) is 6.35 Å². The molecule has 0 aliphatic heterocycles. The highest BCUT2D eigenvalue weighted by atomic mass is 35.5. The molecule has 0 heterocycles. The Bertz CT molecular complexity index is 123. The summed E-state index contributed by atoms with van der Waals surface area (Å²) in [6.45, 7) is 8.49. The molecule has 0 amide bonds. The molecule has 0 rings (SSSR count). The van der Waals surface area contributed by atoms with E-state index in [1.807, 2.05) is 27.7 Å². The van der Waals surface area contributed by atoms with Crippen molar-refractivity contribution >= 4 is 20.0 Å². The molecule has 0 fully saturated rings. The third-order valence-corrected chi connectivity index (χ3v) is 2.94. The van der Waals surface area contributed by atoms with Crippen LogP contribution < -0.4 is 0 Å². The van der Waals surface area contributed by atoms with E-state index in [0.717, 1.165) is 0 Å². The van der Waals surface area contributed by atoms with Gasteiger partial charge in [0, 0.05) is 5.88 Å². The summed E-state index contributed by atoms with van der Waals surface area (Å²) in [5.41, 5.74) is 0. The first-order valence-corrected chi connectivity index (χ1v) is 6.70. The molecule has 0 N–H and O–H groups in total. The molecule has 3 nitrogen and oxygen atoms in total. The molecule has 5 heteroatoms. The first-order chi connectivity index (χ1) is 6.56. The lowest BCUT2D eigenvalue weighted by Gasteiger charge is -2.21. The van der Waals surface area contributed by atoms with Crippen LogP contribution in [0.3, 0.4) is 0 Å². The summed E-state index contributed by atoms with van der Waals surface area (Å²) in [5, 5.41) is 0. The summed E-state index contributed by atoms with van der Waals surface area (Å²) in [6, 6.07) is 0. The standard InChI is InChI=1S/C9H20ClO3P/c1-8(2)12-14(13-9(3)4)7-11-6-5-10/h8-9H,5-7H2,1-4H3. The van der Waals surface area contributed by atoms with Crippen LogP contribution in [0.25, 0.3) is 0 Å². The van der Waals surface area contributed by atoms with E-state index in [9.17, 15) is 0 Å². The van der Waals surface area contributed by atoms with Crippen molar-refractivity contribution in [2.24, 2.45) is 0 Å². The van der Waals surface area contributed by atoms with Gasteiger partial charge in [0.2, 0.25) is 0 Å². The van der Waals surface area contributed by atoms with Crippen LogP contribution in [-0.4, -0.2) is 31.0 Å². The van der Waals surface area contributed by atoms with E-state index >= 15 is 0 Å². The van der Waals surface area contributed by atoms with Crippen LogP contribution in [0.15, 0.2) is 0 Å². The minimum absolute atomic E-state index is 0.166. The number of halogens is 1. The molecule has 0 bridgehead atoms. The second-order valence-electron chi connectivity index (χ2n) is 3.37. The fraction of sp³-hybridized carbons (Fsp3) is 1.00. The first kappa shape index (κ1) is 14.6. The molecule has 14 heavy (non-hydrogen) atoms. The fourth-order valence-electron chi connectivity index (χ4n) is 0.750. The quantitative estimate of drug-likeness (QED) is 0.371. The van der Waals surface area contributed by atoms with Gasteiger partial charge in [-0.15, -0.1) is 11.6 Å². The minimum atomic E-state index is -0.932. The second-order valence-corrected chi connectivity index (χ2v) is 5.09. The van der Waals surface area contributed by atoms with E-state index < -0.39 is 8.38 Å². The van der Waals surface area contributed by atoms with Crippen molar-refractivity contribution in [1.82, 2.24) is 0 Å². The number of alkyl halides is 1. The Kier molecular flexibility index (Phi) is 9.25. The van der Waals surface area contributed by atoms with Gasteiger partial charge in [0.05, 0.1) is 18.8 Å². The van der Waals surface area contributed by atoms with Crippen LogP contribution in [0.5, 0.6) is 0 Å². The predicted molar refractivity (Wildman–Crippen MR) is 60.9 cm³/mol. The Balaban J connectivity index is 3.72. The van der Waals surface area contributed by atoms with Crippen molar-refractivity contribution < 1.29 is 13.8 Å². The summed E-state index contributed by atoms with van der Waals surface area (Å²) in [4.78, 5) is 0. The average Bonchev–Trinajstić information content (AvgIpc) is 2.02. The summed E-state index contributed by atoms with van der Waals surface area (Å²) in [7, 11) is -0.932. The van der Waals surface area contributed by atoms with E-state index in [4.69, 9.17) is 25.4 Å². The van der Waals surface area contributed by atoms with E-state index in [-0.39, 0.29) is 12.2 Å². The molecule has 0 radical (unpaired) electrons. The number of rotatable bonds is 8. The van der Waals surface area contributed by atoms with Gasteiger partial charge in [0.25, 0.3) is 0 Å². The van der Waals surface area contributed by atoms with Crippen molar-refractivity contribution in [2.45, 2.75) is 39.9 Å². The predicted octanol–water partition coefficient (Wildman–Crippen LogP) is 3.36. The highest BCUT2D eigenvalue weighted by Crippen LogP contribution is 2.40. The Labute approximate surface area is 93.0 Å². The maximum Gasteiger partial charge on any atom is 0.198 e. The average molecular weight is 243 g/mol. The number of ether oxygens (including phenoxy) is 1. The maximum atomic E-state index is 5.58. The van der Waals surface area contributed by atoms with Crippen LogP contribution in [0, 0.1) is 0 Å². The third-order valence-electron chi connectivity index (χ3n) is 1.07. The third kappa shape index (κ3) is 9.17. The van der Waals surface area contributed by atoms with E-state index in [2.05, 4.69) is 0 Å². The lowest BCUT2D eigenvalue weighted by molar-refractivity contribution is 0.132. The fourth-order valence-corrected chi connectivity index (χ4v) is 2.25. The minimum Gasteiger partial charge on any atom is -0.371 e. The van der Waals surface area contributed by atoms with E-state index in [1.165, 1.54) is 0 Å². The normalized spacial score (nSPS) is 12.0. The van der Waals surface area contributed by atoms with Crippen LogP contribution >= 0.6 is 20.0 Å². The largest absolute Gasteiger partial charge is 0.371 e. The molecule has 0 aromatic rings. The van der Waals surface area contributed by atoms with Gasteiger partial charge >= 0.3 is 0 Å². The van der Waals surface area contributed by atoms with Crippen molar-refractivity contribution in [1.29, 1.82) is 0 Å². The monoisotopic (exact) mass is 242 g/mol. The highest BCUT2D eigenvalue weighted by molar-refractivity contribution is 7.47. The summed E-state index contributed by atoms with van der Waals surface area (Å²) >= 11 is 5.50. The molecule has 0 aliphatic rings. The van der Waals surface area contributed by atoms with Gasteiger partial charge in [-0.3, -0.25) is 0 Å². The molecule has 86 valence electrons. The zero-order valence-corrected chi connectivity index (χ0v) is 11.0. The molecule has 0 aromatic carbocycles. The molecule has 0 saturated carbocycles. The Morgan fingerprint density at radius 1 is 1.07 bits per heavy atom. The Morgan fingerprint density at radius 3 is 1.93 bits per heavy atom. The van der Waals surface area contributed by atoms with Gasteiger partial charge in [-0.05, 0) is 27.7 Å². The van der Waals surface area contributed by atoms with Crippen molar-refractivity contribution in [2.75, 3.05) is 18.8 Å². The summed E-state index contributed by atoms with van der Waals surface area (Å²) < 4.78 is 16.5. The number of hydrogen-bond donors (Lipinski definition) is 0. The molecule has 0 aromatic heterocycles. The zero-order chi connectivity index (χ0) is 11.0. The van der Waals surface area contributed by atoms with Gasteiger partial charge in [-0.1, -0.05) is 0 Å². The van der Waals surface area contributed by atoms with Crippen molar-refractivity contribution in [3.05, 3.63) is 0 Å². The molecule has 0 unspecified atom stereocenters. The van der Waals surface area contributed by atoms with Gasteiger partial charge in [-0.25, -0.2) is 0 Å². The Morgan fingerprint density at radius 2 is 1.57 bits per heavy atom. The van der Waals surface area contributed by atoms with Crippen LogP contribution in [0.2, 0.25) is 0 Å². The van der Waals surface area contributed by atoms with E-state index in [0.29, 0.717) is 18.8 Å². The van der Waals surface area contributed by atoms with Crippen molar-refractivity contribution in [3.63, 3.8) is 0 Å². The zero-order valence-electron chi connectivity index (χ0n) is 9.33. The van der Waals surface area contributed by atoms with Gasteiger partial charge in [0.15, 0.2) is 8.38 Å². The van der Waals surface area contributed by atoms with Gasteiger partial charge in [-0.2, -0.15) is 0 Å².